The lowest BCUT2D eigenvalue weighted by molar-refractivity contribution is 0.0440. The number of phenolic OH excluding ortho intramolecular Hbond substituents is 1. The number of hydrogen-bond acceptors (Lipinski definition) is 10. The number of fused-ring (bicyclic) bond motifs is 1. The third-order valence-electron chi connectivity index (χ3n) is 13.0. The van der Waals surface area contributed by atoms with Gasteiger partial charge in [-0.3, -0.25) is 14.9 Å². The second kappa shape index (κ2) is 23.4. The third-order valence-corrected chi connectivity index (χ3v) is 17.8. The Hall–Kier alpha value is -5.87. The molecule has 6 N–H and O–H groups in total. The molecule has 0 bridgehead atoms. The molecule has 1 aromatic heterocycles. The minimum atomic E-state index is -2.30. The number of aromatic nitrogens is 1. The van der Waals surface area contributed by atoms with Gasteiger partial charge in [-0.25, -0.2) is 9.59 Å². The van der Waals surface area contributed by atoms with E-state index in [0.717, 1.165) is 34.2 Å². The Morgan fingerprint density at radius 2 is 1.61 bits per heavy atom. The molecule has 1 aliphatic carbocycles. The van der Waals surface area contributed by atoms with E-state index >= 15 is 0 Å². The van der Waals surface area contributed by atoms with Crippen molar-refractivity contribution < 1.29 is 38.1 Å². The van der Waals surface area contributed by atoms with Gasteiger partial charge in [0.05, 0.1) is 35.0 Å². The van der Waals surface area contributed by atoms with Gasteiger partial charge < -0.3 is 44.7 Å². The highest BCUT2D eigenvalue weighted by Crippen LogP contribution is 2.41. The van der Waals surface area contributed by atoms with E-state index in [1.54, 1.807) is 31.4 Å². The number of carbonyl (C=O) groups excluding carboxylic acids is 3. The second-order valence-electron chi connectivity index (χ2n) is 20.5. The van der Waals surface area contributed by atoms with Crippen LogP contribution in [0.3, 0.4) is 0 Å². The number of nitrogens with one attached hydrogen (secondary N) is 5. The van der Waals surface area contributed by atoms with Gasteiger partial charge in [0.15, 0.2) is 8.32 Å². The molecule has 6 rings (SSSR count). The zero-order chi connectivity index (χ0) is 50.8. The molecule has 1 aliphatic rings. The Morgan fingerprint density at radius 3 is 2.30 bits per heavy atom. The van der Waals surface area contributed by atoms with E-state index < -0.39 is 32.2 Å². The van der Waals surface area contributed by atoms with Gasteiger partial charge in [0, 0.05) is 48.3 Å². The zero-order valence-electron chi connectivity index (χ0n) is 42.0. The Labute approximate surface area is 417 Å². The molecule has 16 heteroatoms. The lowest BCUT2D eigenvalue weighted by Gasteiger charge is -2.39. The summed E-state index contributed by atoms with van der Waals surface area (Å²) < 4.78 is 24.0. The first-order valence-electron chi connectivity index (χ1n) is 24.1. The molecule has 0 aliphatic heterocycles. The summed E-state index contributed by atoms with van der Waals surface area (Å²) in [5, 5.41) is 24.0. The van der Waals surface area contributed by atoms with E-state index in [0.29, 0.717) is 86.1 Å². The van der Waals surface area contributed by atoms with Crippen LogP contribution in [0.5, 0.6) is 11.5 Å². The molecule has 4 aromatic carbocycles. The quantitative estimate of drug-likeness (QED) is 0.0364. The molecule has 1 fully saturated rings. The van der Waals surface area contributed by atoms with E-state index in [1.165, 1.54) is 6.07 Å². The number of unbranched alkanes of at least 4 members (excludes halogenated alkanes) is 1. The molecule has 5 aromatic rings. The molecule has 0 saturated heterocycles. The third kappa shape index (κ3) is 14.6. The van der Waals surface area contributed by atoms with Gasteiger partial charge in [-0.2, -0.15) is 0 Å². The number of benzene rings is 4. The summed E-state index contributed by atoms with van der Waals surface area (Å²) in [4.78, 5) is 54.0. The van der Waals surface area contributed by atoms with Gasteiger partial charge in [-0.15, -0.1) is 0 Å². The van der Waals surface area contributed by atoms with Gasteiger partial charge in [-0.1, -0.05) is 80.9 Å². The number of methoxy groups -OCH3 is 1. The van der Waals surface area contributed by atoms with Gasteiger partial charge in [0.2, 0.25) is 5.56 Å². The molecule has 70 heavy (non-hydrogen) atoms. The van der Waals surface area contributed by atoms with Crippen LogP contribution in [0.2, 0.25) is 23.2 Å². The van der Waals surface area contributed by atoms with Gasteiger partial charge in [0.1, 0.15) is 23.2 Å². The molecule has 1 atom stereocenters. The molecule has 3 amide bonds. The lowest BCUT2D eigenvalue weighted by Crippen LogP contribution is -2.43. The monoisotopic (exact) mass is 995 g/mol. The number of rotatable bonds is 18. The number of halogens is 1. The maximum atomic E-state index is 13.5. The number of carbonyl (C=O) groups is 3. The van der Waals surface area contributed by atoms with Crippen molar-refractivity contribution in [2.45, 2.75) is 135 Å². The minimum Gasteiger partial charge on any atom is -0.506 e. The van der Waals surface area contributed by atoms with Crippen molar-refractivity contribution in [3.63, 3.8) is 0 Å². The van der Waals surface area contributed by atoms with Gasteiger partial charge in [0.25, 0.3) is 5.91 Å². The van der Waals surface area contributed by atoms with Crippen molar-refractivity contribution in [3.8, 4) is 22.6 Å². The highest BCUT2D eigenvalue weighted by atomic mass is 35.5. The second-order valence-corrected chi connectivity index (χ2v) is 25.7. The summed E-state index contributed by atoms with van der Waals surface area (Å²) >= 11 is 6.77. The number of amides is 3. The van der Waals surface area contributed by atoms with Gasteiger partial charge >= 0.3 is 12.2 Å². The summed E-state index contributed by atoms with van der Waals surface area (Å²) in [6.45, 7) is 17.6. The Bertz CT molecular complexity index is 2670. The number of ether oxygens (including phenoxy) is 3. The molecule has 1 heterocycles. The number of H-pyrrole nitrogens is 1. The summed E-state index contributed by atoms with van der Waals surface area (Å²) in [5.74, 6) is 0.175. The predicted octanol–water partition coefficient (Wildman–Crippen LogP) is 11.6. The lowest BCUT2D eigenvalue weighted by atomic mass is 9.93. The van der Waals surface area contributed by atoms with E-state index in [-0.39, 0.29) is 39.4 Å². The molecule has 376 valence electrons. The van der Waals surface area contributed by atoms with E-state index in [1.807, 2.05) is 69.3 Å². The largest absolute Gasteiger partial charge is 0.506 e. The number of anilines is 1. The van der Waals surface area contributed by atoms with Crippen molar-refractivity contribution in [2.24, 2.45) is 0 Å². The normalized spacial score (nSPS) is 15.7. The highest BCUT2D eigenvalue weighted by Gasteiger charge is 2.40. The van der Waals surface area contributed by atoms with Crippen LogP contribution in [-0.2, 0) is 26.9 Å². The van der Waals surface area contributed by atoms with Crippen LogP contribution < -0.4 is 31.6 Å². The topological polar surface area (TPSA) is 189 Å². The average molecular weight is 997 g/mol. The van der Waals surface area contributed by atoms with Crippen LogP contribution >= 0.6 is 11.6 Å². The van der Waals surface area contributed by atoms with Crippen LogP contribution in [0.1, 0.15) is 113 Å². The van der Waals surface area contributed by atoms with Crippen molar-refractivity contribution >= 4 is 54.6 Å². The van der Waals surface area contributed by atoms with Crippen molar-refractivity contribution in [2.75, 3.05) is 25.5 Å². The first-order chi connectivity index (χ1) is 33.1. The highest BCUT2D eigenvalue weighted by molar-refractivity contribution is 6.74. The molecule has 0 unspecified atom stereocenters. The number of pyridine rings is 1. The summed E-state index contributed by atoms with van der Waals surface area (Å²) in [6, 6.07) is 25.8. The number of aromatic amines is 1. The van der Waals surface area contributed by atoms with Crippen molar-refractivity contribution in [1.29, 1.82) is 0 Å². The Balaban J connectivity index is 1.03. The van der Waals surface area contributed by atoms with E-state index in [2.05, 4.69) is 66.2 Å². The van der Waals surface area contributed by atoms with Crippen LogP contribution in [0.15, 0.2) is 89.7 Å². The Kier molecular flexibility index (Phi) is 17.8. The molecular formula is C54H70ClN5O9Si. The maximum Gasteiger partial charge on any atom is 0.411 e. The number of hydrogen-bond donors (Lipinski definition) is 6. The summed E-state index contributed by atoms with van der Waals surface area (Å²) in [7, 11) is -0.749. The number of phenols is 1. The van der Waals surface area contributed by atoms with Crippen LogP contribution in [0.25, 0.3) is 22.0 Å². The fourth-order valence-electron chi connectivity index (χ4n) is 8.28. The molecule has 14 nitrogen and oxygen atoms in total. The van der Waals surface area contributed by atoms with E-state index in [9.17, 15) is 24.3 Å². The Morgan fingerprint density at radius 1 is 0.886 bits per heavy atom. The van der Waals surface area contributed by atoms with Crippen molar-refractivity contribution in [3.05, 3.63) is 123 Å². The van der Waals surface area contributed by atoms with E-state index in [4.69, 9.17) is 30.2 Å². The van der Waals surface area contributed by atoms with Crippen molar-refractivity contribution in [1.82, 2.24) is 20.9 Å². The smallest absolute Gasteiger partial charge is 0.411 e. The van der Waals surface area contributed by atoms with Crippen LogP contribution in [0, 0.1) is 0 Å². The average Bonchev–Trinajstić information content (AvgIpc) is 3.29. The van der Waals surface area contributed by atoms with Gasteiger partial charge in [-0.05, 0) is 131 Å². The predicted molar refractivity (Wildman–Crippen MR) is 280 cm³/mol. The maximum absolute atomic E-state index is 13.5. The minimum absolute atomic E-state index is 0.0168. The summed E-state index contributed by atoms with van der Waals surface area (Å²) in [6.07, 6.45) is 3.14. The zero-order valence-corrected chi connectivity index (χ0v) is 43.7. The standard InChI is InChI=1S/C54H70ClN5O9Si/c1-53(2,3)68-52(65)58-37-19-21-38(22-20-37)67-51(64)59-44-29-34(18-23-39(44)35-16-11-10-12-17-35)15-13-14-28-57-50(63)42-31-46(66-7)36(30-43(42)55)32-56-33-47(69-70(8,9)54(4,5)6)40-24-26-45(61)49-41(40)25-27-48(62)60-49/h10-12,16-18,23-27,29-31,37-38,47,56,61H,13-15,19-22,28,32-33H2,1-9H3,(H,57,63)(H,58,65)(H,59,64)(H,60,62)/t37?,38?,47-/m1/s1. The first-order valence-corrected chi connectivity index (χ1v) is 27.4. The van der Waals surface area contributed by atoms with Crippen LogP contribution in [-0.4, -0.2) is 74.4 Å². The molecule has 0 spiro atoms. The number of alkyl carbamates (subject to hydrolysis) is 1. The number of aromatic hydroxyl groups is 1. The molecular weight excluding hydrogens is 926 g/mol. The van der Waals surface area contributed by atoms with Crippen LogP contribution in [0.4, 0.5) is 15.3 Å². The SMILES string of the molecule is COc1cc(C(=O)NCCCCc2ccc(-c3ccccc3)c(NC(=O)OC3CCC(NC(=O)OC(C)(C)C)CC3)c2)c(Cl)cc1CNC[C@@H](O[Si](C)(C)C(C)(C)C)c1ccc(O)c2[nH]c(=O)ccc12. The molecule has 0 radical (unpaired) electrons. The number of aryl methyl sites for hydroxylation is 1. The fraction of sp³-hybridized carbons (Fsp3) is 0.444. The fourth-order valence-corrected chi connectivity index (χ4v) is 9.83. The summed E-state index contributed by atoms with van der Waals surface area (Å²) in [5.41, 5.74) is 4.87. The molecule has 1 saturated carbocycles. The first kappa shape index (κ1) is 53.5.